The van der Waals surface area contributed by atoms with Crippen LogP contribution in [-0.2, 0) is 16.0 Å². The van der Waals surface area contributed by atoms with Gasteiger partial charge in [-0.3, -0.25) is 9.59 Å². The molecule has 140 valence electrons. The van der Waals surface area contributed by atoms with E-state index in [0.29, 0.717) is 30.8 Å². The molecule has 0 spiro atoms. The third-order valence-corrected chi connectivity index (χ3v) is 4.29. The van der Waals surface area contributed by atoms with Crippen LogP contribution in [0.15, 0.2) is 48.5 Å². The molecule has 1 aliphatic rings. The van der Waals surface area contributed by atoms with E-state index in [1.54, 1.807) is 23.1 Å². The summed E-state index contributed by atoms with van der Waals surface area (Å²) in [5.41, 5.74) is 1.33. The maximum Gasteiger partial charge on any atom is 0.335 e. The van der Waals surface area contributed by atoms with Crippen LogP contribution in [0.1, 0.15) is 22.3 Å². The minimum absolute atomic E-state index is 0.00178. The number of carboxylic acids is 1. The number of hydrogen-bond donors (Lipinski definition) is 2. The molecule has 0 radical (unpaired) electrons. The largest absolute Gasteiger partial charge is 0.482 e. The number of carboxylic acid groups (broad SMARTS) is 1. The van der Waals surface area contributed by atoms with E-state index in [1.165, 1.54) is 6.07 Å². The van der Waals surface area contributed by atoms with E-state index in [-0.39, 0.29) is 30.4 Å². The highest BCUT2D eigenvalue weighted by Crippen LogP contribution is 2.31. The number of fused-ring (bicyclic) bond motifs is 1. The lowest BCUT2D eigenvalue weighted by Crippen LogP contribution is -2.40. The summed E-state index contributed by atoms with van der Waals surface area (Å²) >= 11 is 0. The number of nitrogens with one attached hydrogen (secondary N) is 1. The van der Waals surface area contributed by atoms with Crippen LogP contribution in [0.3, 0.4) is 0 Å². The highest BCUT2D eigenvalue weighted by molar-refractivity contribution is 5.97. The van der Waals surface area contributed by atoms with Gasteiger partial charge in [-0.25, -0.2) is 4.79 Å². The molecule has 0 bridgehead atoms. The Balaban J connectivity index is 1.50. The van der Waals surface area contributed by atoms with E-state index in [0.717, 1.165) is 5.69 Å². The number of hydrogen-bond acceptors (Lipinski definition) is 4. The molecule has 2 N–H and O–H groups in total. The lowest BCUT2D eigenvalue weighted by atomic mass is 10.0. The van der Waals surface area contributed by atoms with E-state index < -0.39 is 5.97 Å². The van der Waals surface area contributed by atoms with Crippen molar-refractivity contribution in [2.75, 3.05) is 24.6 Å². The third-order valence-electron chi connectivity index (χ3n) is 4.29. The quantitative estimate of drug-likeness (QED) is 0.727. The highest BCUT2D eigenvalue weighted by Gasteiger charge is 2.24. The van der Waals surface area contributed by atoms with Crippen LogP contribution in [0, 0.1) is 0 Å². The molecule has 0 saturated carbocycles. The zero-order valence-corrected chi connectivity index (χ0v) is 14.7. The molecule has 1 heterocycles. The Morgan fingerprint density at radius 3 is 2.67 bits per heavy atom. The summed E-state index contributed by atoms with van der Waals surface area (Å²) < 4.78 is 5.40. The van der Waals surface area contributed by atoms with Crippen molar-refractivity contribution in [1.82, 2.24) is 5.32 Å². The van der Waals surface area contributed by atoms with Gasteiger partial charge < -0.3 is 20.1 Å². The normalized spacial score (nSPS) is 12.9. The molecule has 0 saturated heterocycles. The average Bonchev–Trinajstić information content (AvgIpc) is 2.67. The summed E-state index contributed by atoms with van der Waals surface area (Å²) in [6, 6.07) is 13.8. The van der Waals surface area contributed by atoms with Gasteiger partial charge in [0.2, 0.25) is 5.91 Å². The standard InChI is InChI=1S/C20H20N2O5/c23-18(12-14-6-1-2-7-15(14)20(25)26)21-10-5-11-22-16-8-3-4-9-17(16)27-13-19(22)24/h1-4,6-9H,5,10-13H2,(H,21,23)(H,25,26). The zero-order valence-electron chi connectivity index (χ0n) is 14.7. The predicted octanol–water partition coefficient (Wildman–Crippen LogP) is 1.86. The molecule has 0 aliphatic carbocycles. The van der Waals surface area contributed by atoms with Gasteiger partial charge in [0.05, 0.1) is 17.7 Å². The number of carbonyl (C=O) groups excluding carboxylic acids is 2. The summed E-state index contributed by atoms with van der Waals surface area (Å²) in [5.74, 6) is -0.748. The molecule has 0 fully saturated rings. The van der Waals surface area contributed by atoms with Crippen LogP contribution in [0.25, 0.3) is 0 Å². The Morgan fingerprint density at radius 2 is 1.85 bits per heavy atom. The molecule has 0 atom stereocenters. The van der Waals surface area contributed by atoms with E-state index in [4.69, 9.17) is 9.84 Å². The first kappa shape index (κ1) is 18.4. The molecule has 3 rings (SSSR count). The topological polar surface area (TPSA) is 95.9 Å². The van der Waals surface area contributed by atoms with E-state index >= 15 is 0 Å². The van der Waals surface area contributed by atoms with Gasteiger partial charge in [0.25, 0.3) is 5.91 Å². The third kappa shape index (κ3) is 4.44. The van der Waals surface area contributed by atoms with E-state index in [2.05, 4.69) is 5.32 Å². The van der Waals surface area contributed by atoms with Crippen molar-refractivity contribution in [1.29, 1.82) is 0 Å². The number of carbonyl (C=O) groups is 3. The molecule has 2 aromatic rings. The first-order chi connectivity index (χ1) is 13.1. The molecule has 0 unspecified atom stereocenters. The fourth-order valence-corrected chi connectivity index (χ4v) is 2.98. The molecule has 27 heavy (non-hydrogen) atoms. The van der Waals surface area contributed by atoms with Gasteiger partial charge in [0.15, 0.2) is 6.61 Å². The molecule has 7 heteroatoms. The van der Waals surface area contributed by atoms with Crippen molar-refractivity contribution in [3.63, 3.8) is 0 Å². The van der Waals surface area contributed by atoms with Crippen LogP contribution in [0.2, 0.25) is 0 Å². The Kier molecular flexibility index (Phi) is 5.71. The summed E-state index contributed by atoms with van der Waals surface area (Å²) in [5, 5.41) is 11.9. The second-order valence-corrected chi connectivity index (χ2v) is 6.14. The highest BCUT2D eigenvalue weighted by atomic mass is 16.5. The van der Waals surface area contributed by atoms with Crippen LogP contribution in [0.4, 0.5) is 5.69 Å². The number of aromatic carboxylic acids is 1. The minimum atomic E-state index is -1.05. The fraction of sp³-hybridized carbons (Fsp3) is 0.250. The predicted molar refractivity (Wildman–Crippen MR) is 99.0 cm³/mol. The van der Waals surface area contributed by atoms with Gasteiger partial charge in [0.1, 0.15) is 5.75 Å². The number of ether oxygens (including phenoxy) is 1. The summed E-state index contributed by atoms with van der Waals surface area (Å²) in [6.07, 6.45) is 0.578. The van der Waals surface area contributed by atoms with Crippen molar-refractivity contribution < 1.29 is 24.2 Å². The van der Waals surface area contributed by atoms with Gasteiger partial charge in [0, 0.05) is 13.1 Å². The van der Waals surface area contributed by atoms with Crippen molar-refractivity contribution in [2.45, 2.75) is 12.8 Å². The molecular formula is C20H20N2O5. The van der Waals surface area contributed by atoms with Crippen LogP contribution in [0.5, 0.6) is 5.75 Å². The van der Waals surface area contributed by atoms with Gasteiger partial charge in [-0.1, -0.05) is 30.3 Å². The van der Waals surface area contributed by atoms with Crippen LogP contribution < -0.4 is 15.0 Å². The lowest BCUT2D eigenvalue weighted by Gasteiger charge is -2.29. The smallest absolute Gasteiger partial charge is 0.335 e. The number of para-hydroxylation sites is 2. The van der Waals surface area contributed by atoms with E-state index in [9.17, 15) is 14.4 Å². The van der Waals surface area contributed by atoms with Gasteiger partial charge in [-0.05, 0) is 30.2 Å². The van der Waals surface area contributed by atoms with Crippen LogP contribution in [-0.4, -0.2) is 42.6 Å². The Morgan fingerprint density at radius 1 is 1.11 bits per heavy atom. The van der Waals surface area contributed by atoms with Crippen molar-refractivity contribution in [3.05, 3.63) is 59.7 Å². The molecule has 2 amide bonds. The second-order valence-electron chi connectivity index (χ2n) is 6.14. The maximum absolute atomic E-state index is 12.1. The zero-order chi connectivity index (χ0) is 19.2. The first-order valence-electron chi connectivity index (χ1n) is 8.66. The molecule has 2 aromatic carbocycles. The van der Waals surface area contributed by atoms with Gasteiger partial charge in [-0.2, -0.15) is 0 Å². The lowest BCUT2D eigenvalue weighted by molar-refractivity contribution is -0.121. The molecular weight excluding hydrogens is 348 g/mol. The average molecular weight is 368 g/mol. The number of nitrogens with zero attached hydrogens (tertiary/aromatic N) is 1. The number of benzene rings is 2. The van der Waals surface area contributed by atoms with Gasteiger partial charge >= 0.3 is 5.97 Å². The number of rotatable bonds is 7. The summed E-state index contributed by atoms with van der Waals surface area (Å²) in [7, 11) is 0. The SMILES string of the molecule is O=C(Cc1ccccc1C(=O)O)NCCCN1C(=O)COc2ccccc21. The van der Waals surface area contributed by atoms with Crippen molar-refractivity contribution in [2.24, 2.45) is 0 Å². The fourth-order valence-electron chi connectivity index (χ4n) is 2.98. The Bertz CT molecular complexity index is 865. The molecule has 0 aromatic heterocycles. The molecule has 1 aliphatic heterocycles. The Labute approximate surface area is 156 Å². The maximum atomic E-state index is 12.1. The van der Waals surface area contributed by atoms with Gasteiger partial charge in [-0.15, -0.1) is 0 Å². The first-order valence-corrected chi connectivity index (χ1v) is 8.66. The van der Waals surface area contributed by atoms with Crippen molar-refractivity contribution >= 4 is 23.5 Å². The minimum Gasteiger partial charge on any atom is -0.482 e. The Hall–Kier alpha value is -3.35. The number of anilines is 1. The van der Waals surface area contributed by atoms with Crippen LogP contribution >= 0.6 is 0 Å². The summed E-state index contributed by atoms with van der Waals surface area (Å²) in [6.45, 7) is 0.863. The molecule has 7 nitrogen and oxygen atoms in total. The van der Waals surface area contributed by atoms with E-state index in [1.807, 2.05) is 24.3 Å². The van der Waals surface area contributed by atoms with Crippen molar-refractivity contribution in [3.8, 4) is 5.75 Å². The number of amides is 2. The summed E-state index contributed by atoms with van der Waals surface area (Å²) in [4.78, 5) is 37.0. The second kappa shape index (κ2) is 8.35. The monoisotopic (exact) mass is 368 g/mol.